The first-order valence-corrected chi connectivity index (χ1v) is 16.6. The summed E-state index contributed by atoms with van der Waals surface area (Å²) < 4.78 is 27.0. The van der Waals surface area contributed by atoms with E-state index in [0.717, 1.165) is 19.1 Å². The van der Waals surface area contributed by atoms with E-state index in [-0.39, 0.29) is 83.0 Å². The second kappa shape index (κ2) is 21.2. The van der Waals surface area contributed by atoms with E-state index in [9.17, 15) is 39.3 Å². The Labute approximate surface area is 335 Å². The molecule has 2 aromatic rings. The van der Waals surface area contributed by atoms with Gasteiger partial charge in [-0.2, -0.15) is 7.11 Å². The van der Waals surface area contributed by atoms with Crippen molar-refractivity contribution in [3.05, 3.63) is 70.8 Å². The zero-order valence-electron chi connectivity index (χ0n) is 31.5. The van der Waals surface area contributed by atoms with Crippen LogP contribution in [0, 0.1) is 11.8 Å². The van der Waals surface area contributed by atoms with Gasteiger partial charge in [0, 0.05) is 28.3 Å². The number of amides is 4. The number of rotatable bonds is 7. The van der Waals surface area contributed by atoms with Gasteiger partial charge < -0.3 is 49.2 Å². The number of carbonyl (C=O) groups is 5. The van der Waals surface area contributed by atoms with Gasteiger partial charge in [0.15, 0.2) is 12.6 Å². The first-order chi connectivity index (χ1) is 25.4. The molecule has 2 saturated heterocycles. The fourth-order valence-electron chi connectivity index (χ4n) is 6.71. The molecule has 6 rings (SSSR count). The topological polar surface area (TPSA) is 242 Å². The predicted octanol–water partition coefficient (Wildman–Crippen LogP) is -3.82. The molecule has 17 nitrogen and oxygen atoms in total. The molecule has 292 valence electrons. The van der Waals surface area contributed by atoms with Crippen LogP contribution >= 0.6 is 0 Å². The summed E-state index contributed by atoms with van der Waals surface area (Å²) in [5.74, 6) is -2.38. The summed E-state index contributed by atoms with van der Waals surface area (Å²) in [7, 11) is 4.51. The average molecular weight is 771 g/mol. The molecule has 0 aromatic heterocycles. The Kier molecular flexibility index (Phi) is 18.5. The quantitative estimate of drug-likeness (QED) is 0.120. The molecule has 4 aliphatic rings. The van der Waals surface area contributed by atoms with Crippen molar-refractivity contribution in [2.24, 2.45) is 11.8 Å². The van der Waals surface area contributed by atoms with Gasteiger partial charge in [-0.05, 0) is 36.1 Å². The number of fused-ring (bicyclic) bond motifs is 2. The normalized spacial score (nSPS) is 29.6. The Morgan fingerprint density at radius 3 is 1.44 bits per heavy atom. The van der Waals surface area contributed by atoms with Crippen molar-refractivity contribution in [3.8, 4) is 0 Å². The van der Waals surface area contributed by atoms with E-state index in [1.54, 1.807) is 36.4 Å². The summed E-state index contributed by atoms with van der Waals surface area (Å²) in [6.45, 7) is 4.82. The van der Waals surface area contributed by atoms with Crippen LogP contribution in [-0.2, 0) is 28.5 Å². The van der Waals surface area contributed by atoms with E-state index in [4.69, 9.17) is 33.9 Å². The molecule has 10 unspecified atom stereocenters. The van der Waals surface area contributed by atoms with Crippen LogP contribution in [0.4, 0.5) is 0 Å². The standard InChI is InChI=1S/C19H23NO6.C15H17NO7.CH4O.CH3O.Na/c1-10-11(2)16(19(24-4)26-15(10)9-25-12(3)21)20-17(22)13-7-5-6-8-14(13)18(20)23;1-22-15-10(12(19)11(18)9(6-17)23-15)16-13(20)7-4-2-3-5-8(7)14(16)21;2*1-2;/h5-8,10-11,15-16,19H,9H2,1-4H3;2-5,9-12,15,17-19H,6H2,1H3;2H,1H3;1H3;/q;;;-1;+1. The van der Waals surface area contributed by atoms with E-state index >= 15 is 0 Å². The SMILES string of the molecule is CO.COC1OC(CO)C(O)C(O)C1N1C(=O)c2ccccc2C1=O.COC1OC(COC(C)=O)C(C)C(C)C1N1C(=O)c2ccccc2C1=O.C[O-].[Na+]. The van der Waals surface area contributed by atoms with Gasteiger partial charge >= 0.3 is 35.5 Å². The zero-order valence-corrected chi connectivity index (χ0v) is 33.5. The summed E-state index contributed by atoms with van der Waals surface area (Å²) in [5.41, 5.74) is 1.24. The van der Waals surface area contributed by atoms with Crippen LogP contribution in [-0.4, -0.2) is 151 Å². The third-order valence-electron chi connectivity index (χ3n) is 9.55. The van der Waals surface area contributed by atoms with Gasteiger partial charge in [-0.3, -0.25) is 33.8 Å². The van der Waals surface area contributed by atoms with Crippen LogP contribution in [0.5, 0.6) is 0 Å². The summed E-state index contributed by atoms with van der Waals surface area (Å²) in [6.07, 6.45) is -6.35. The maximum atomic E-state index is 12.8. The Hall–Kier alpha value is -3.17. The van der Waals surface area contributed by atoms with Crippen molar-refractivity contribution in [2.45, 2.75) is 69.9 Å². The second-order valence-electron chi connectivity index (χ2n) is 12.3. The number of hydrogen-bond acceptors (Lipinski definition) is 15. The monoisotopic (exact) mass is 770 g/mol. The number of esters is 1. The average Bonchev–Trinajstić information content (AvgIpc) is 3.58. The van der Waals surface area contributed by atoms with Gasteiger partial charge in [0.2, 0.25) is 0 Å². The van der Waals surface area contributed by atoms with Gasteiger partial charge in [-0.1, -0.05) is 38.1 Å². The van der Waals surface area contributed by atoms with Gasteiger partial charge in [0.1, 0.15) is 31.0 Å². The fourth-order valence-corrected chi connectivity index (χ4v) is 6.71. The third-order valence-corrected chi connectivity index (χ3v) is 9.55. The summed E-state index contributed by atoms with van der Waals surface area (Å²) >= 11 is 0. The van der Waals surface area contributed by atoms with Gasteiger partial charge in [-0.15, -0.1) is 0 Å². The number of nitrogens with zero attached hydrogens (tertiary/aromatic N) is 2. The number of carbonyl (C=O) groups excluding carboxylic acids is 5. The molecule has 4 aliphatic heterocycles. The molecule has 0 bridgehead atoms. The van der Waals surface area contributed by atoms with E-state index in [1.165, 1.54) is 38.2 Å². The summed E-state index contributed by atoms with van der Waals surface area (Å²) in [5, 5.41) is 44.8. The molecule has 2 fully saturated rings. The number of aliphatic hydroxyl groups is 4. The fraction of sp³-hybridized carbons (Fsp3) is 0.528. The molecule has 0 saturated carbocycles. The van der Waals surface area contributed by atoms with E-state index in [2.05, 4.69) is 0 Å². The number of hydrogen-bond donors (Lipinski definition) is 4. The maximum absolute atomic E-state index is 12.8. The number of ether oxygens (including phenoxy) is 5. The minimum Gasteiger partial charge on any atom is -0.857 e. The molecular formula is C36H47N2NaO15. The maximum Gasteiger partial charge on any atom is 1.00 e. The van der Waals surface area contributed by atoms with Crippen molar-refractivity contribution in [3.63, 3.8) is 0 Å². The first-order valence-electron chi connectivity index (χ1n) is 16.6. The van der Waals surface area contributed by atoms with Crippen LogP contribution in [0.3, 0.4) is 0 Å². The van der Waals surface area contributed by atoms with Gasteiger partial charge in [0.25, 0.3) is 23.6 Å². The smallest absolute Gasteiger partial charge is 0.857 e. The first kappa shape index (κ1) is 47.0. The van der Waals surface area contributed by atoms with Crippen molar-refractivity contribution >= 4 is 29.6 Å². The minimum absolute atomic E-state index is 0. The van der Waals surface area contributed by atoms with Gasteiger partial charge in [-0.25, -0.2) is 0 Å². The van der Waals surface area contributed by atoms with Crippen LogP contribution in [0.1, 0.15) is 62.2 Å². The molecule has 18 heteroatoms. The minimum atomic E-state index is -1.51. The number of benzene rings is 2. The van der Waals surface area contributed by atoms with Crippen molar-refractivity contribution in [2.75, 3.05) is 41.7 Å². The molecule has 54 heavy (non-hydrogen) atoms. The molecule has 0 spiro atoms. The van der Waals surface area contributed by atoms with Crippen LogP contribution < -0.4 is 34.7 Å². The summed E-state index contributed by atoms with van der Waals surface area (Å²) in [4.78, 5) is 63.9. The van der Waals surface area contributed by atoms with E-state index in [1.807, 2.05) is 13.8 Å². The number of imide groups is 2. The number of methoxy groups -OCH3 is 2. The zero-order chi connectivity index (χ0) is 39.7. The third kappa shape index (κ3) is 9.26. The van der Waals surface area contributed by atoms with Crippen LogP contribution in [0.25, 0.3) is 0 Å². The molecule has 10 atom stereocenters. The second-order valence-corrected chi connectivity index (χ2v) is 12.3. The predicted molar refractivity (Wildman–Crippen MR) is 181 cm³/mol. The Bertz CT molecular complexity index is 1540. The Balaban J connectivity index is 0.000000338. The molecule has 0 aliphatic carbocycles. The van der Waals surface area contributed by atoms with Crippen LogP contribution in [0.15, 0.2) is 48.5 Å². The molecular weight excluding hydrogens is 723 g/mol. The van der Waals surface area contributed by atoms with Crippen LogP contribution in [0.2, 0.25) is 0 Å². The van der Waals surface area contributed by atoms with Crippen molar-refractivity contribution < 1.29 is 103 Å². The van der Waals surface area contributed by atoms with E-state index < -0.39 is 61.4 Å². The van der Waals surface area contributed by atoms with Crippen molar-refractivity contribution in [1.82, 2.24) is 9.80 Å². The number of aliphatic hydroxyl groups excluding tert-OH is 4. The molecule has 4 heterocycles. The molecule has 0 radical (unpaired) electrons. The van der Waals surface area contributed by atoms with E-state index in [0.29, 0.717) is 11.1 Å². The molecule has 2 aromatic carbocycles. The van der Waals surface area contributed by atoms with Gasteiger partial charge in [0.05, 0.1) is 41.0 Å². The summed E-state index contributed by atoms with van der Waals surface area (Å²) in [6, 6.07) is 11.3. The Morgan fingerprint density at radius 2 is 1.07 bits per heavy atom. The Morgan fingerprint density at radius 1 is 0.704 bits per heavy atom. The molecule has 4 amide bonds. The molecule has 4 N–H and O–H groups in total. The largest absolute Gasteiger partial charge is 1.00 e. The van der Waals surface area contributed by atoms with Crippen molar-refractivity contribution in [1.29, 1.82) is 0 Å².